The van der Waals surface area contributed by atoms with E-state index < -0.39 is 11.9 Å². The van der Waals surface area contributed by atoms with Crippen molar-refractivity contribution in [2.24, 2.45) is 5.92 Å². The maximum absolute atomic E-state index is 10.8. The molecule has 0 aliphatic rings. The Bertz CT molecular complexity index is 293. The van der Waals surface area contributed by atoms with Crippen LogP contribution in [0.1, 0.15) is 54.4 Å². The highest BCUT2D eigenvalue weighted by molar-refractivity contribution is 5.76. The second-order valence-corrected chi connectivity index (χ2v) is 5.02. The third-order valence-corrected chi connectivity index (χ3v) is 1.63. The lowest BCUT2D eigenvalue weighted by Crippen LogP contribution is -2.11. The summed E-state index contributed by atoms with van der Waals surface area (Å²) in [7, 11) is 0. The van der Waals surface area contributed by atoms with E-state index >= 15 is 0 Å². The largest absolute Gasteiger partial charge is 0.481 e. The molecule has 0 unspecified atom stereocenters. The van der Waals surface area contributed by atoms with Crippen molar-refractivity contribution in [3.63, 3.8) is 0 Å². The fraction of sp³-hybridized carbons (Fsp3) is 0.700. The molecule has 0 aliphatic carbocycles. The number of esters is 1. The van der Waals surface area contributed by atoms with Gasteiger partial charge in [0.25, 0.3) is 0 Å². The zero-order valence-electron chi connectivity index (χ0n) is 18.1. The smallest absolute Gasteiger partial charge is 0.306 e. The third kappa shape index (κ3) is 94.6. The SMILES string of the molecule is C=CC.C=CC.CC(C)COC(=O)CCC(=O)O.CCOCC.OCCO. The van der Waals surface area contributed by atoms with Crippen molar-refractivity contribution >= 4 is 11.9 Å². The first kappa shape index (κ1) is 36.3. The quantitative estimate of drug-likeness (QED) is 0.427. The number of hydrogen-bond acceptors (Lipinski definition) is 6. The van der Waals surface area contributed by atoms with Crippen LogP contribution in [0.4, 0.5) is 0 Å². The second-order valence-electron chi connectivity index (χ2n) is 5.02. The molecule has 0 spiro atoms. The van der Waals surface area contributed by atoms with Crippen LogP contribution in [0.5, 0.6) is 0 Å². The summed E-state index contributed by atoms with van der Waals surface area (Å²) in [5.74, 6) is -1.12. The molecule has 0 heterocycles. The Morgan fingerprint density at radius 1 is 0.963 bits per heavy atom. The molecule has 0 saturated heterocycles. The molecule has 164 valence electrons. The minimum absolute atomic E-state index is 0.0396. The number of rotatable bonds is 8. The molecular weight excluding hydrogens is 352 g/mol. The number of aliphatic carboxylic acids is 1. The fourth-order valence-electron chi connectivity index (χ4n) is 0.745. The number of carbonyl (C=O) groups excluding carboxylic acids is 1. The molecule has 0 atom stereocenters. The average Bonchev–Trinajstić information content (AvgIpc) is 2.61. The fourth-order valence-corrected chi connectivity index (χ4v) is 0.745. The van der Waals surface area contributed by atoms with E-state index in [1.54, 1.807) is 12.2 Å². The van der Waals surface area contributed by atoms with E-state index in [0.29, 0.717) is 12.5 Å². The van der Waals surface area contributed by atoms with Crippen molar-refractivity contribution in [1.82, 2.24) is 0 Å². The van der Waals surface area contributed by atoms with E-state index in [1.807, 2.05) is 41.5 Å². The predicted octanol–water partition coefficient (Wildman–Crippen LogP) is 3.45. The van der Waals surface area contributed by atoms with E-state index in [2.05, 4.69) is 13.2 Å². The van der Waals surface area contributed by atoms with Crippen LogP contribution >= 0.6 is 0 Å². The van der Waals surface area contributed by atoms with Crippen LogP contribution in [-0.4, -0.2) is 60.3 Å². The lowest BCUT2D eigenvalue weighted by molar-refractivity contribution is -0.148. The highest BCUT2D eigenvalue weighted by Gasteiger charge is 2.06. The predicted molar refractivity (Wildman–Crippen MR) is 111 cm³/mol. The number of aliphatic hydroxyl groups excluding tert-OH is 2. The van der Waals surface area contributed by atoms with Gasteiger partial charge in [-0.05, 0) is 33.6 Å². The van der Waals surface area contributed by atoms with Gasteiger partial charge < -0.3 is 24.8 Å². The van der Waals surface area contributed by atoms with Crippen LogP contribution in [0.3, 0.4) is 0 Å². The minimum atomic E-state index is -0.975. The van der Waals surface area contributed by atoms with Crippen molar-refractivity contribution in [3.05, 3.63) is 25.3 Å². The van der Waals surface area contributed by atoms with Crippen LogP contribution < -0.4 is 0 Å². The number of carboxylic acids is 1. The highest BCUT2D eigenvalue weighted by Crippen LogP contribution is 1.97. The summed E-state index contributed by atoms with van der Waals surface area (Å²) in [6.45, 7) is 20.1. The van der Waals surface area contributed by atoms with Gasteiger partial charge in [-0.15, -0.1) is 13.2 Å². The molecule has 0 rings (SSSR count). The summed E-state index contributed by atoms with van der Waals surface area (Å²) >= 11 is 0. The monoisotopic (exact) mass is 394 g/mol. The first-order valence-electron chi connectivity index (χ1n) is 8.99. The minimum Gasteiger partial charge on any atom is -0.481 e. The number of allylic oxidation sites excluding steroid dienone is 2. The summed E-state index contributed by atoms with van der Waals surface area (Å²) in [5, 5.41) is 23.5. The third-order valence-electron chi connectivity index (χ3n) is 1.63. The topological polar surface area (TPSA) is 113 Å². The molecule has 7 nitrogen and oxygen atoms in total. The molecule has 3 N–H and O–H groups in total. The van der Waals surface area contributed by atoms with Gasteiger partial charge >= 0.3 is 11.9 Å². The van der Waals surface area contributed by atoms with Crippen molar-refractivity contribution < 1.29 is 34.4 Å². The van der Waals surface area contributed by atoms with E-state index in [-0.39, 0.29) is 26.1 Å². The van der Waals surface area contributed by atoms with Crippen LogP contribution in [0, 0.1) is 5.92 Å². The van der Waals surface area contributed by atoms with Crippen molar-refractivity contribution in [3.8, 4) is 0 Å². The maximum Gasteiger partial charge on any atom is 0.306 e. The van der Waals surface area contributed by atoms with Gasteiger partial charge in [0.15, 0.2) is 0 Å². The van der Waals surface area contributed by atoms with Crippen LogP contribution in [0.15, 0.2) is 25.3 Å². The Hall–Kier alpha value is -1.70. The van der Waals surface area contributed by atoms with E-state index in [9.17, 15) is 9.59 Å². The Balaban J connectivity index is -0.0000000889. The molecule has 0 radical (unpaired) electrons. The molecule has 7 heteroatoms. The number of aliphatic hydroxyl groups is 2. The van der Waals surface area contributed by atoms with Gasteiger partial charge in [0.1, 0.15) is 0 Å². The zero-order valence-corrected chi connectivity index (χ0v) is 18.1. The molecule has 27 heavy (non-hydrogen) atoms. The van der Waals surface area contributed by atoms with Crippen molar-refractivity contribution in [2.75, 3.05) is 33.0 Å². The number of carbonyl (C=O) groups is 2. The summed E-state index contributed by atoms with van der Waals surface area (Å²) in [6.07, 6.45) is 3.30. The Labute approximate surface area is 165 Å². The molecule has 0 aromatic carbocycles. The van der Waals surface area contributed by atoms with Gasteiger partial charge in [-0.2, -0.15) is 0 Å². The van der Waals surface area contributed by atoms with Gasteiger partial charge in [-0.1, -0.05) is 26.0 Å². The molecular formula is C20H42O7. The normalized spacial score (nSPS) is 8.04. The molecule has 0 amide bonds. The second kappa shape index (κ2) is 39.4. The number of carboxylic acid groups (broad SMARTS) is 1. The molecule has 0 aromatic rings. The van der Waals surface area contributed by atoms with Gasteiger partial charge in [-0.3, -0.25) is 9.59 Å². The van der Waals surface area contributed by atoms with Gasteiger partial charge in [-0.25, -0.2) is 0 Å². The molecule has 0 aliphatic heterocycles. The van der Waals surface area contributed by atoms with Gasteiger partial charge in [0.05, 0.1) is 32.7 Å². The molecule has 0 bridgehead atoms. The van der Waals surface area contributed by atoms with E-state index in [4.69, 9.17) is 24.8 Å². The molecule has 0 aromatic heterocycles. The molecule has 0 fully saturated rings. The standard InChI is InChI=1S/C8H14O4.C4H10O.2C3H6.C2H6O2/c1-6(2)5-12-8(11)4-3-7(9)10;1-3-5-4-2;2*1-3-2;3-1-2-4/h6H,3-5H2,1-2H3,(H,9,10);3-4H2,1-2H3;2*3H,1H2,2H3;3-4H,1-2H2. The first-order valence-corrected chi connectivity index (χ1v) is 8.99. The number of hydrogen-bond donors (Lipinski definition) is 3. The summed E-state index contributed by atoms with van der Waals surface area (Å²) in [6, 6.07) is 0. The van der Waals surface area contributed by atoms with Crippen LogP contribution in [-0.2, 0) is 19.1 Å². The van der Waals surface area contributed by atoms with Crippen molar-refractivity contribution in [1.29, 1.82) is 0 Å². The van der Waals surface area contributed by atoms with Crippen molar-refractivity contribution in [2.45, 2.75) is 54.4 Å². The highest BCUT2D eigenvalue weighted by atomic mass is 16.5. The Morgan fingerprint density at radius 3 is 1.52 bits per heavy atom. The van der Waals surface area contributed by atoms with Crippen LogP contribution in [0.2, 0.25) is 0 Å². The lowest BCUT2D eigenvalue weighted by atomic mass is 10.2. The summed E-state index contributed by atoms with van der Waals surface area (Å²) in [4.78, 5) is 20.8. The maximum atomic E-state index is 10.8. The first-order chi connectivity index (χ1) is 12.7. The Morgan fingerprint density at radius 2 is 1.33 bits per heavy atom. The molecule has 0 saturated carbocycles. The van der Waals surface area contributed by atoms with Gasteiger partial charge in [0, 0.05) is 13.2 Å². The van der Waals surface area contributed by atoms with Gasteiger partial charge in [0.2, 0.25) is 0 Å². The Kier molecular flexibility index (Phi) is 52.9. The number of ether oxygens (including phenoxy) is 2. The van der Waals surface area contributed by atoms with E-state index in [0.717, 1.165) is 13.2 Å². The summed E-state index contributed by atoms with van der Waals surface area (Å²) < 4.78 is 9.58. The lowest BCUT2D eigenvalue weighted by Gasteiger charge is -2.05. The van der Waals surface area contributed by atoms with Crippen LogP contribution in [0.25, 0.3) is 0 Å². The summed E-state index contributed by atoms with van der Waals surface area (Å²) in [5.41, 5.74) is 0. The zero-order chi connectivity index (χ0) is 22.5. The average molecular weight is 395 g/mol. The van der Waals surface area contributed by atoms with E-state index in [1.165, 1.54) is 0 Å².